The largest absolute Gasteiger partial charge is 0.485 e. The van der Waals surface area contributed by atoms with E-state index in [0.29, 0.717) is 24.1 Å². The molecule has 1 aliphatic heterocycles. The molecule has 1 aliphatic rings. The second kappa shape index (κ2) is 11.3. The highest BCUT2D eigenvalue weighted by Gasteiger charge is 2.42. The standard InChI is InChI=1S/C26H38N4O3S/c1-25(2,3)33-24(31)30-17-20(16-26(30,4)5)12-9-15-28-23-21(13-14-22(29-23)34-27)32-18-19-10-7-6-8-11-19/h6-8,10-11,13-14,20H,9,12,15-18,27H2,1-5H3,(H,28,29)/t20-/m0/s1. The van der Waals surface area contributed by atoms with Gasteiger partial charge in [0.25, 0.3) is 0 Å². The number of carbonyl (C=O) groups excluding carboxylic acids is 1. The van der Waals surface area contributed by atoms with E-state index in [-0.39, 0.29) is 11.6 Å². The molecule has 7 nitrogen and oxygen atoms in total. The van der Waals surface area contributed by atoms with Gasteiger partial charge in [-0.15, -0.1) is 0 Å². The molecular formula is C26H38N4O3S. The molecule has 0 aliphatic carbocycles. The Morgan fingerprint density at radius 2 is 1.97 bits per heavy atom. The molecule has 0 radical (unpaired) electrons. The Balaban J connectivity index is 1.52. The first kappa shape index (κ1) is 26.2. The van der Waals surface area contributed by atoms with Gasteiger partial charge in [-0.3, -0.25) is 5.14 Å². The van der Waals surface area contributed by atoms with Crippen LogP contribution >= 0.6 is 11.9 Å². The predicted octanol–water partition coefficient (Wildman–Crippen LogP) is 5.85. The minimum atomic E-state index is -0.487. The minimum Gasteiger partial charge on any atom is -0.485 e. The van der Waals surface area contributed by atoms with Crippen LogP contribution in [0.15, 0.2) is 47.5 Å². The van der Waals surface area contributed by atoms with Crippen LogP contribution < -0.4 is 15.2 Å². The van der Waals surface area contributed by atoms with Crippen molar-refractivity contribution in [1.29, 1.82) is 0 Å². The Kier molecular flexibility index (Phi) is 8.71. The summed E-state index contributed by atoms with van der Waals surface area (Å²) in [7, 11) is 0. The molecule has 186 valence electrons. The lowest BCUT2D eigenvalue weighted by Crippen LogP contribution is -2.45. The number of pyridine rings is 1. The van der Waals surface area contributed by atoms with Crippen LogP contribution in [0.5, 0.6) is 5.75 Å². The van der Waals surface area contributed by atoms with Crippen molar-refractivity contribution >= 4 is 23.9 Å². The number of rotatable bonds is 9. The first-order valence-electron chi connectivity index (χ1n) is 11.9. The van der Waals surface area contributed by atoms with Crippen LogP contribution in [-0.2, 0) is 11.3 Å². The molecule has 0 unspecified atom stereocenters. The van der Waals surface area contributed by atoms with Gasteiger partial charge in [-0.1, -0.05) is 30.3 Å². The molecule has 1 aromatic carbocycles. The van der Waals surface area contributed by atoms with E-state index in [9.17, 15) is 4.79 Å². The maximum Gasteiger partial charge on any atom is 0.410 e. The van der Waals surface area contributed by atoms with Crippen LogP contribution in [-0.4, -0.2) is 40.2 Å². The topological polar surface area (TPSA) is 89.7 Å². The predicted molar refractivity (Wildman–Crippen MR) is 138 cm³/mol. The van der Waals surface area contributed by atoms with Crippen molar-refractivity contribution in [2.24, 2.45) is 11.1 Å². The number of ether oxygens (including phenoxy) is 2. The number of anilines is 1. The number of likely N-dealkylation sites (tertiary alicyclic amines) is 1. The molecule has 1 saturated heterocycles. The van der Waals surface area contributed by atoms with Crippen molar-refractivity contribution in [3.05, 3.63) is 48.0 Å². The monoisotopic (exact) mass is 486 g/mol. The first-order valence-corrected chi connectivity index (χ1v) is 12.7. The average molecular weight is 487 g/mol. The summed E-state index contributed by atoms with van der Waals surface area (Å²) in [5, 5.41) is 9.88. The van der Waals surface area contributed by atoms with Crippen molar-refractivity contribution in [3.63, 3.8) is 0 Å². The van der Waals surface area contributed by atoms with E-state index in [1.165, 1.54) is 0 Å². The number of nitrogens with zero attached hydrogens (tertiary/aromatic N) is 2. The number of hydrogen-bond donors (Lipinski definition) is 2. The normalized spacial score (nSPS) is 17.5. The summed E-state index contributed by atoms with van der Waals surface area (Å²) < 4.78 is 11.6. The maximum absolute atomic E-state index is 12.7. The summed E-state index contributed by atoms with van der Waals surface area (Å²) in [6, 6.07) is 13.8. The van der Waals surface area contributed by atoms with Crippen LogP contribution in [0.4, 0.5) is 10.6 Å². The number of benzene rings is 1. The zero-order valence-corrected chi connectivity index (χ0v) is 21.8. The van der Waals surface area contributed by atoms with E-state index in [1.54, 1.807) is 0 Å². The number of amides is 1. The molecule has 3 N–H and O–H groups in total. The highest BCUT2D eigenvalue weighted by Crippen LogP contribution is 2.36. The zero-order valence-electron chi connectivity index (χ0n) is 21.0. The Labute approximate surface area is 207 Å². The second-order valence-corrected chi connectivity index (χ2v) is 11.1. The van der Waals surface area contributed by atoms with Gasteiger partial charge in [0.1, 0.15) is 17.2 Å². The van der Waals surface area contributed by atoms with Crippen molar-refractivity contribution < 1.29 is 14.3 Å². The van der Waals surface area contributed by atoms with Crippen molar-refractivity contribution in [3.8, 4) is 5.75 Å². The molecule has 0 saturated carbocycles. The number of nitrogens with two attached hydrogens (primary N) is 1. The third-order valence-electron chi connectivity index (χ3n) is 5.85. The molecule has 2 heterocycles. The van der Waals surface area contributed by atoms with Gasteiger partial charge in [-0.05, 0) is 89.4 Å². The quantitative estimate of drug-likeness (QED) is 0.339. The van der Waals surface area contributed by atoms with Crippen molar-refractivity contribution in [2.45, 2.75) is 76.7 Å². The van der Waals surface area contributed by atoms with Gasteiger partial charge in [0.2, 0.25) is 0 Å². The van der Waals surface area contributed by atoms with Crippen molar-refractivity contribution in [1.82, 2.24) is 9.88 Å². The fourth-order valence-corrected chi connectivity index (χ4v) is 4.58. The number of nitrogens with one attached hydrogen (secondary N) is 1. The number of hydrogen-bond acceptors (Lipinski definition) is 7. The Hall–Kier alpha value is -2.45. The number of aromatic nitrogens is 1. The third-order valence-corrected chi connectivity index (χ3v) is 6.31. The van der Waals surface area contributed by atoms with Gasteiger partial charge in [0.05, 0.1) is 0 Å². The molecule has 0 bridgehead atoms. The molecule has 1 amide bonds. The SMILES string of the molecule is CC(C)(C)OC(=O)N1C[C@@H](CCCNc2nc(SN)ccc2OCc2ccccc2)CC1(C)C. The summed E-state index contributed by atoms with van der Waals surface area (Å²) in [6.45, 7) is 11.9. The van der Waals surface area contributed by atoms with E-state index in [2.05, 4.69) is 24.1 Å². The lowest BCUT2D eigenvalue weighted by molar-refractivity contribution is 0.0131. The van der Waals surface area contributed by atoms with Gasteiger partial charge >= 0.3 is 6.09 Å². The Bertz CT molecular complexity index is 947. The van der Waals surface area contributed by atoms with E-state index < -0.39 is 5.60 Å². The average Bonchev–Trinajstić information content (AvgIpc) is 3.09. The summed E-state index contributed by atoms with van der Waals surface area (Å²) in [5.41, 5.74) is 0.412. The van der Waals surface area contributed by atoms with E-state index in [4.69, 9.17) is 14.6 Å². The molecule has 34 heavy (non-hydrogen) atoms. The summed E-state index contributed by atoms with van der Waals surface area (Å²) in [6.07, 6.45) is 2.72. The third kappa shape index (κ3) is 7.53. The highest BCUT2D eigenvalue weighted by atomic mass is 32.2. The van der Waals surface area contributed by atoms with E-state index in [0.717, 1.165) is 54.9 Å². The molecule has 1 fully saturated rings. The van der Waals surface area contributed by atoms with Crippen molar-refractivity contribution in [2.75, 3.05) is 18.4 Å². The lowest BCUT2D eigenvalue weighted by Gasteiger charge is -2.33. The van der Waals surface area contributed by atoms with Crippen LogP contribution in [0.1, 0.15) is 59.4 Å². The highest BCUT2D eigenvalue weighted by molar-refractivity contribution is 7.97. The summed E-state index contributed by atoms with van der Waals surface area (Å²) in [4.78, 5) is 19.1. The van der Waals surface area contributed by atoms with Crippen LogP contribution in [0.2, 0.25) is 0 Å². The van der Waals surface area contributed by atoms with Crippen LogP contribution in [0.3, 0.4) is 0 Å². The molecule has 1 atom stereocenters. The van der Waals surface area contributed by atoms with Gasteiger partial charge < -0.3 is 19.7 Å². The molecule has 0 spiro atoms. The minimum absolute atomic E-state index is 0.201. The summed E-state index contributed by atoms with van der Waals surface area (Å²) >= 11 is 1.12. The number of carbonyl (C=O) groups is 1. The molecule has 1 aromatic heterocycles. The Morgan fingerprint density at radius 3 is 2.65 bits per heavy atom. The van der Waals surface area contributed by atoms with Gasteiger partial charge in [0, 0.05) is 18.6 Å². The van der Waals surface area contributed by atoms with Crippen LogP contribution in [0.25, 0.3) is 0 Å². The van der Waals surface area contributed by atoms with Crippen LogP contribution in [0, 0.1) is 5.92 Å². The first-order chi connectivity index (χ1) is 16.1. The van der Waals surface area contributed by atoms with Gasteiger partial charge in [-0.25, -0.2) is 9.78 Å². The zero-order chi connectivity index (χ0) is 24.8. The maximum atomic E-state index is 12.7. The molecule has 3 rings (SSSR count). The second-order valence-electron chi connectivity index (χ2n) is 10.4. The Morgan fingerprint density at radius 1 is 1.24 bits per heavy atom. The summed E-state index contributed by atoms with van der Waals surface area (Å²) in [5.74, 6) is 1.85. The van der Waals surface area contributed by atoms with E-state index in [1.807, 2.05) is 68.1 Å². The van der Waals surface area contributed by atoms with E-state index >= 15 is 0 Å². The molecular weight excluding hydrogens is 448 g/mol. The van der Waals surface area contributed by atoms with Gasteiger partial charge in [-0.2, -0.15) is 0 Å². The molecule has 8 heteroatoms. The fourth-order valence-electron chi connectivity index (χ4n) is 4.29. The lowest BCUT2D eigenvalue weighted by atomic mass is 9.93. The van der Waals surface area contributed by atoms with Gasteiger partial charge in [0.15, 0.2) is 11.6 Å². The smallest absolute Gasteiger partial charge is 0.410 e. The fraction of sp³-hybridized carbons (Fsp3) is 0.538. The molecule has 2 aromatic rings.